The predicted octanol–water partition coefficient (Wildman–Crippen LogP) is 2.01. The Morgan fingerprint density at radius 3 is 2.95 bits per heavy atom. The second-order valence-corrected chi connectivity index (χ2v) is 5.48. The Morgan fingerprint density at radius 2 is 2.18 bits per heavy atom. The van der Waals surface area contributed by atoms with E-state index in [0.29, 0.717) is 18.3 Å². The Hall–Kier alpha value is -2.21. The summed E-state index contributed by atoms with van der Waals surface area (Å²) >= 11 is 0. The van der Waals surface area contributed by atoms with Crippen molar-refractivity contribution in [3.05, 3.63) is 36.2 Å². The Kier molecular flexibility index (Phi) is 4.48. The minimum Gasteiger partial charge on any atom is -0.358 e. The van der Waals surface area contributed by atoms with Crippen LogP contribution in [-0.4, -0.2) is 41.1 Å². The van der Waals surface area contributed by atoms with E-state index in [0.717, 1.165) is 31.4 Å². The molecule has 0 spiro atoms. The van der Waals surface area contributed by atoms with E-state index in [1.165, 1.54) is 0 Å². The molecule has 1 atom stereocenters. The molecular formula is C16H20N4O2. The standard InChI is InChI=1S/C16H20N4O2/c1-17-14(21)11-20-10-6-5-9-13(20)16-18-15(19-22-16)12-7-3-2-4-8-12/h2-4,7-8,13H,5-6,9-11H2,1H3,(H,17,21). The number of benzene rings is 1. The lowest BCUT2D eigenvalue weighted by molar-refractivity contribution is -0.122. The smallest absolute Gasteiger partial charge is 0.244 e. The average Bonchev–Trinajstić information content (AvgIpc) is 3.06. The fourth-order valence-corrected chi connectivity index (χ4v) is 2.80. The number of rotatable bonds is 4. The normalized spacial score (nSPS) is 19.0. The van der Waals surface area contributed by atoms with Gasteiger partial charge in [0, 0.05) is 12.6 Å². The molecule has 1 aliphatic heterocycles. The molecule has 22 heavy (non-hydrogen) atoms. The number of nitrogens with zero attached hydrogens (tertiary/aromatic N) is 3. The second kappa shape index (κ2) is 6.70. The summed E-state index contributed by atoms with van der Waals surface area (Å²) in [6.45, 7) is 1.24. The Labute approximate surface area is 129 Å². The molecule has 116 valence electrons. The number of likely N-dealkylation sites (N-methyl/N-ethyl adjacent to an activating group) is 1. The summed E-state index contributed by atoms with van der Waals surface area (Å²) in [6, 6.07) is 9.79. The number of piperidine rings is 1. The molecule has 1 fully saturated rings. The fraction of sp³-hybridized carbons (Fsp3) is 0.438. The summed E-state index contributed by atoms with van der Waals surface area (Å²) in [5, 5.41) is 6.75. The van der Waals surface area contributed by atoms with E-state index in [2.05, 4.69) is 20.4 Å². The molecular weight excluding hydrogens is 280 g/mol. The number of nitrogens with one attached hydrogen (secondary N) is 1. The van der Waals surface area contributed by atoms with Crippen LogP contribution in [0.5, 0.6) is 0 Å². The van der Waals surface area contributed by atoms with E-state index in [9.17, 15) is 4.79 Å². The molecule has 0 radical (unpaired) electrons. The van der Waals surface area contributed by atoms with E-state index in [1.807, 2.05) is 30.3 Å². The Bertz CT molecular complexity index is 626. The summed E-state index contributed by atoms with van der Waals surface area (Å²) in [7, 11) is 1.65. The van der Waals surface area contributed by atoms with Gasteiger partial charge in [0.05, 0.1) is 12.6 Å². The van der Waals surface area contributed by atoms with Crippen molar-refractivity contribution in [1.29, 1.82) is 0 Å². The quantitative estimate of drug-likeness (QED) is 0.935. The summed E-state index contributed by atoms with van der Waals surface area (Å²) < 4.78 is 5.47. The highest BCUT2D eigenvalue weighted by atomic mass is 16.5. The SMILES string of the molecule is CNC(=O)CN1CCCCC1c1nc(-c2ccccc2)no1. The van der Waals surface area contributed by atoms with Gasteiger partial charge >= 0.3 is 0 Å². The first-order valence-electron chi connectivity index (χ1n) is 7.61. The zero-order valence-electron chi connectivity index (χ0n) is 12.7. The van der Waals surface area contributed by atoms with Crippen molar-refractivity contribution in [3.63, 3.8) is 0 Å². The summed E-state index contributed by atoms with van der Waals surface area (Å²) in [4.78, 5) is 18.3. The van der Waals surface area contributed by atoms with Gasteiger partial charge in [-0.15, -0.1) is 0 Å². The van der Waals surface area contributed by atoms with E-state index in [-0.39, 0.29) is 11.9 Å². The molecule has 0 bridgehead atoms. The summed E-state index contributed by atoms with van der Waals surface area (Å²) in [6.07, 6.45) is 3.14. The highest BCUT2D eigenvalue weighted by Gasteiger charge is 2.29. The number of carbonyl (C=O) groups is 1. The number of aromatic nitrogens is 2. The number of amides is 1. The number of likely N-dealkylation sites (tertiary alicyclic amines) is 1. The zero-order valence-corrected chi connectivity index (χ0v) is 12.7. The van der Waals surface area contributed by atoms with Crippen molar-refractivity contribution < 1.29 is 9.32 Å². The van der Waals surface area contributed by atoms with Crippen molar-refractivity contribution in [3.8, 4) is 11.4 Å². The van der Waals surface area contributed by atoms with Crippen molar-refractivity contribution >= 4 is 5.91 Å². The predicted molar refractivity (Wildman–Crippen MR) is 82.0 cm³/mol. The second-order valence-electron chi connectivity index (χ2n) is 5.48. The highest BCUT2D eigenvalue weighted by Crippen LogP contribution is 2.30. The minimum absolute atomic E-state index is 0.00898. The molecule has 2 aromatic rings. The van der Waals surface area contributed by atoms with Crippen LogP contribution in [0.4, 0.5) is 0 Å². The van der Waals surface area contributed by atoms with Crippen LogP contribution in [0.3, 0.4) is 0 Å². The fourth-order valence-electron chi connectivity index (χ4n) is 2.80. The monoisotopic (exact) mass is 300 g/mol. The molecule has 1 saturated heterocycles. The van der Waals surface area contributed by atoms with Crippen molar-refractivity contribution in [2.75, 3.05) is 20.1 Å². The van der Waals surface area contributed by atoms with Gasteiger partial charge in [-0.2, -0.15) is 4.98 Å². The highest BCUT2D eigenvalue weighted by molar-refractivity contribution is 5.77. The van der Waals surface area contributed by atoms with Gasteiger partial charge in [-0.25, -0.2) is 0 Å². The lowest BCUT2D eigenvalue weighted by Gasteiger charge is -2.32. The molecule has 3 rings (SSSR count). The van der Waals surface area contributed by atoms with Crippen LogP contribution in [0.25, 0.3) is 11.4 Å². The van der Waals surface area contributed by atoms with Crippen LogP contribution in [0, 0.1) is 0 Å². The lowest BCUT2D eigenvalue weighted by atomic mass is 10.0. The zero-order chi connectivity index (χ0) is 15.4. The van der Waals surface area contributed by atoms with Crippen LogP contribution in [-0.2, 0) is 4.79 Å². The summed E-state index contributed by atoms with van der Waals surface area (Å²) in [5.41, 5.74) is 0.936. The van der Waals surface area contributed by atoms with Crippen molar-refractivity contribution in [2.45, 2.75) is 25.3 Å². The molecule has 6 heteroatoms. The Balaban J connectivity index is 1.79. The third-order valence-corrected chi connectivity index (χ3v) is 4.00. The minimum atomic E-state index is 0.00898. The van der Waals surface area contributed by atoms with Crippen molar-refractivity contribution in [1.82, 2.24) is 20.4 Å². The Morgan fingerprint density at radius 1 is 1.36 bits per heavy atom. The van der Waals surface area contributed by atoms with Gasteiger partial charge in [-0.3, -0.25) is 9.69 Å². The third kappa shape index (κ3) is 3.17. The van der Waals surface area contributed by atoms with Gasteiger partial charge < -0.3 is 9.84 Å². The third-order valence-electron chi connectivity index (χ3n) is 4.00. The van der Waals surface area contributed by atoms with E-state index < -0.39 is 0 Å². The molecule has 6 nitrogen and oxygen atoms in total. The van der Waals surface area contributed by atoms with Crippen LogP contribution >= 0.6 is 0 Å². The molecule has 1 amide bonds. The van der Waals surface area contributed by atoms with E-state index in [1.54, 1.807) is 7.05 Å². The largest absolute Gasteiger partial charge is 0.358 e. The van der Waals surface area contributed by atoms with Crippen LogP contribution in [0.15, 0.2) is 34.9 Å². The van der Waals surface area contributed by atoms with Crippen LogP contribution in [0.1, 0.15) is 31.2 Å². The van der Waals surface area contributed by atoms with Gasteiger partial charge in [0.1, 0.15) is 0 Å². The van der Waals surface area contributed by atoms with Gasteiger partial charge in [0.2, 0.25) is 17.6 Å². The molecule has 0 saturated carbocycles. The molecule has 1 aromatic heterocycles. The molecule has 1 aromatic carbocycles. The van der Waals surface area contributed by atoms with E-state index in [4.69, 9.17) is 4.52 Å². The van der Waals surface area contributed by atoms with Crippen LogP contribution in [0.2, 0.25) is 0 Å². The molecule has 1 aliphatic rings. The van der Waals surface area contributed by atoms with Gasteiger partial charge in [0.15, 0.2) is 0 Å². The molecule has 2 heterocycles. The van der Waals surface area contributed by atoms with Gasteiger partial charge in [-0.1, -0.05) is 41.9 Å². The van der Waals surface area contributed by atoms with Crippen molar-refractivity contribution in [2.24, 2.45) is 0 Å². The first kappa shape index (κ1) is 14.7. The molecule has 1 unspecified atom stereocenters. The topological polar surface area (TPSA) is 71.3 Å². The number of carbonyl (C=O) groups excluding carboxylic acids is 1. The van der Waals surface area contributed by atoms with Gasteiger partial charge in [0.25, 0.3) is 0 Å². The molecule has 0 aliphatic carbocycles. The number of hydrogen-bond acceptors (Lipinski definition) is 5. The van der Waals surface area contributed by atoms with E-state index >= 15 is 0 Å². The average molecular weight is 300 g/mol. The maximum atomic E-state index is 11.7. The summed E-state index contributed by atoms with van der Waals surface area (Å²) in [5.74, 6) is 1.21. The lowest BCUT2D eigenvalue weighted by Crippen LogP contribution is -2.40. The maximum Gasteiger partial charge on any atom is 0.244 e. The first-order chi connectivity index (χ1) is 10.8. The number of hydrogen-bond donors (Lipinski definition) is 1. The molecule has 1 N–H and O–H groups in total. The van der Waals surface area contributed by atoms with Crippen LogP contribution < -0.4 is 5.32 Å². The maximum absolute atomic E-state index is 11.7. The first-order valence-corrected chi connectivity index (χ1v) is 7.61. The van der Waals surface area contributed by atoms with Gasteiger partial charge in [-0.05, 0) is 19.4 Å².